The molecule has 2 unspecified atom stereocenters. The van der Waals surface area contributed by atoms with Crippen molar-refractivity contribution in [3.8, 4) is 0 Å². The van der Waals surface area contributed by atoms with E-state index in [0.717, 1.165) is 5.56 Å². The third kappa shape index (κ3) is 1.93. The molecular weight excluding hydrogens is 221 g/mol. The van der Waals surface area contributed by atoms with Crippen molar-refractivity contribution in [2.24, 2.45) is 5.92 Å². The van der Waals surface area contributed by atoms with Crippen molar-refractivity contribution < 1.29 is 14.3 Å². The van der Waals surface area contributed by atoms with Gasteiger partial charge in [-0.15, -0.1) is 0 Å². The average Bonchev–Trinajstić information content (AvgIpc) is 2.65. The summed E-state index contributed by atoms with van der Waals surface area (Å²) in [6.07, 6.45) is 0. The van der Waals surface area contributed by atoms with Gasteiger partial charge in [0.1, 0.15) is 5.82 Å². The van der Waals surface area contributed by atoms with Crippen LogP contribution in [0.2, 0.25) is 0 Å². The number of carboxylic acid groups (broad SMARTS) is 1. The first-order valence-corrected chi connectivity index (χ1v) is 5.65. The predicted molar refractivity (Wildman–Crippen MR) is 62.5 cm³/mol. The Balaban J connectivity index is 2.43. The predicted octanol–water partition coefficient (Wildman–Crippen LogP) is 1.70. The number of carboxylic acids is 1. The van der Waals surface area contributed by atoms with E-state index >= 15 is 0 Å². The van der Waals surface area contributed by atoms with Crippen molar-refractivity contribution in [1.82, 2.24) is 5.32 Å². The first-order valence-electron chi connectivity index (χ1n) is 5.65. The minimum Gasteiger partial charge on any atom is -0.481 e. The molecule has 0 bridgehead atoms. The summed E-state index contributed by atoms with van der Waals surface area (Å²) < 4.78 is 13.6. The zero-order chi connectivity index (χ0) is 12.6. The lowest BCUT2D eigenvalue weighted by molar-refractivity contribution is -0.142. The Morgan fingerprint density at radius 3 is 2.88 bits per heavy atom. The Morgan fingerprint density at radius 2 is 2.29 bits per heavy atom. The highest BCUT2D eigenvalue weighted by atomic mass is 19.1. The molecule has 0 spiro atoms. The lowest BCUT2D eigenvalue weighted by Gasteiger charge is -2.28. The molecule has 17 heavy (non-hydrogen) atoms. The first-order chi connectivity index (χ1) is 7.95. The number of benzene rings is 1. The summed E-state index contributed by atoms with van der Waals surface area (Å²) in [5, 5.41) is 12.3. The number of halogens is 1. The van der Waals surface area contributed by atoms with Gasteiger partial charge in [-0.3, -0.25) is 4.79 Å². The molecule has 2 rings (SSSR count). The third-order valence-electron chi connectivity index (χ3n) is 3.74. The normalized spacial score (nSPS) is 28.3. The van der Waals surface area contributed by atoms with Gasteiger partial charge in [0.25, 0.3) is 0 Å². The maximum absolute atomic E-state index is 13.6. The smallest absolute Gasteiger partial charge is 0.308 e. The molecule has 1 aromatic rings. The molecule has 0 amide bonds. The van der Waals surface area contributed by atoms with Gasteiger partial charge in [0, 0.05) is 18.5 Å². The SMILES string of the molecule is Cc1ccc(C2(C)CNCC2C(=O)O)cc1F. The van der Waals surface area contributed by atoms with Crippen LogP contribution < -0.4 is 5.32 Å². The van der Waals surface area contributed by atoms with Gasteiger partial charge in [0.15, 0.2) is 0 Å². The van der Waals surface area contributed by atoms with Crippen LogP contribution in [0.3, 0.4) is 0 Å². The van der Waals surface area contributed by atoms with Crippen LogP contribution in [-0.2, 0) is 10.2 Å². The molecule has 1 aliphatic rings. The number of aliphatic carboxylic acids is 1. The Bertz CT molecular complexity index is 461. The van der Waals surface area contributed by atoms with Crippen molar-refractivity contribution in [1.29, 1.82) is 0 Å². The van der Waals surface area contributed by atoms with E-state index in [1.165, 1.54) is 6.07 Å². The van der Waals surface area contributed by atoms with Gasteiger partial charge in [0.05, 0.1) is 5.92 Å². The summed E-state index contributed by atoms with van der Waals surface area (Å²) in [6.45, 7) is 4.56. The summed E-state index contributed by atoms with van der Waals surface area (Å²) in [7, 11) is 0. The van der Waals surface area contributed by atoms with Crippen LogP contribution in [0.1, 0.15) is 18.1 Å². The van der Waals surface area contributed by atoms with E-state index in [0.29, 0.717) is 18.7 Å². The second-order valence-corrected chi connectivity index (χ2v) is 4.90. The third-order valence-corrected chi connectivity index (χ3v) is 3.74. The molecule has 1 fully saturated rings. The lowest BCUT2D eigenvalue weighted by atomic mass is 9.74. The molecule has 1 saturated heterocycles. The molecule has 3 nitrogen and oxygen atoms in total. The fourth-order valence-electron chi connectivity index (χ4n) is 2.44. The van der Waals surface area contributed by atoms with E-state index in [9.17, 15) is 14.3 Å². The van der Waals surface area contributed by atoms with Crippen LogP contribution in [0.25, 0.3) is 0 Å². The van der Waals surface area contributed by atoms with Crippen molar-refractivity contribution in [3.05, 3.63) is 35.1 Å². The Labute approximate surface area is 99.7 Å². The number of rotatable bonds is 2. The maximum Gasteiger partial charge on any atom is 0.308 e. The van der Waals surface area contributed by atoms with Crippen molar-refractivity contribution >= 4 is 5.97 Å². The van der Waals surface area contributed by atoms with Crippen LogP contribution >= 0.6 is 0 Å². The Hall–Kier alpha value is -1.42. The molecule has 0 radical (unpaired) electrons. The van der Waals surface area contributed by atoms with E-state index in [1.807, 2.05) is 13.0 Å². The molecule has 1 aromatic carbocycles. The number of hydrogen-bond donors (Lipinski definition) is 2. The molecule has 0 aliphatic carbocycles. The van der Waals surface area contributed by atoms with Gasteiger partial charge < -0.3 is 10.4 Å². The van der Waals surface area contributed by atoms with E-state index in [2.05, 4.69) is 5.32 Å². The maximum atomic E-state index is 13.6. The van der Waals surface area contributed by atoms with Gasteiger partial charge >= 0.3 is 5.97 Å². The highest BCUT2D eigenvalue weighted by molar-refractivity contribution is 5.73. The monoisotopic (exact) mass is 237 g/mol. The highest BCUT2D eigenvalue weighted by Crippen LogP contribution is 2.35. The van der Waals surface area contributed by atoms with Gasteiger partial charge in [-0.25, -0.2) is 4.39 Å². The number of aryl methyl sites for hydroxylation is 1. The van der Waals surface area contributed by atoms with Gasteiger partial charge in [-0.2, -0.15) is 0 Å². The fraction of sp³-hybridized carbons (Fsp3) is 0.462. The summed E-state index contributed by atoms with van der Waals surface area (Å²) >= 11 is 0. The second-order valence-electron chi connectivity index (χ2n) is 4.90. The fourth-order valence-corrected chi connectivity index (χ4v) is 2.44. The van der Waals surface area contributed by atoms with E-state index in [1.54, 1.807) is 13.0 Å². The van der Waals surface area contributed by atoms with Crippen LogP contribution in [0.5, 0.6) is 0 Å². The summed E-state index contributed by atoms with van der Waals surface area (Å²) in [5.41, 5.74) is 0.786. The molecule has 92 valence electrons. The Kier molecular flexibility index (Phi) is 2.91. The van der Waals surface area contributed by atoms with Gasteiger partial charge in [-0.05, 0) is 24.1 Å². The van der Waals surface area contributed by atoms with Crippen LogP contribution in [0, 0.1) is 18.7 Å². The highest BCUT2D eigenvalue weighted by Gasteiger charge is 2.44. The van der Waals surface area contributed by atoms with E-state index in [-0.39, 0.29) is 5.82 Å². The zero-order valence-corrected chi connectivity index (χ0v) is 9.96. The number of nitrogens with one attached hydrogen (secondary N) is 1. The first kappa shape index (κ1) is 12.0. The molecule has 0 aromatic heterocycles. The zero-order valence-electron chi connectivity index (χ0n) is 9.96. The van der Waals surface area contributed by atoms with Crippen LogP contribution in [-0.4, -0.2) is 24.2 Å². The quantitative estimate of drug-likeness (QED) is 0.823. The van der Waals surface area contributed by atoms with Crippen molar-refractivity contribution in [2.75, 3.05) is 13.1 Å². The lowest BCUT2D eigenvalue weighted by Crippen LogP contribution is -2.36. The van der Waals surface area contributed by atoms with Gasteiger partial charge in [-0.1, -0.05) is 19.1 Å². The molecule has 4 heteroatoms. The minimum atomic E-state index is -0.835. The molecule has 1 heterocycles. The number of carbonyl (C=O) groups is 1. The van der Waals surface area contributed by atoms with Crippen LogP contribution in [0.15, 0.2) is 18.2 Å². The largest absolute Gasteiger partial charge is 0.481 e. The molecule has 2 N–H and O–H groups in total. The number of hydrogen-bond acceptors (Lipinski definition) is 2. The topological polar surface area (TPSA) is 49.3 Å². The molecule has 2 atom stereocenters. The second kappa shape index (κ2) is 4.11. The summed E-state index contributed by atoms with van der Waals surface area (Å²) in [4.78, 5) is 11.2. The average molecular weight is 237 g/mol. The van der Waals surface area contributed by atoms with Gasteiger partial charge in [0.2, 0.25) is 0 Å². The minimum absolute atomic E-state index is 0.278. The Morgan fingerprint density at radius 1 is 1.59 bits per heavy atom. The standard InChI is InChI=1S/C13H16FNO2/c1-8-3-4-9(5-11(8)14)13(2)7-15-6-10(13)12(16)17/h3-5,10,15H,6-7H2,1-2H3,(H,16,17). The summed E-state index contributed by atoms with van der Waals surface area (Å²) in [5.74, 6) is -1.62. The molecule has 1 aliphatic heterocycles. The summed E-state index contributed by atoms with van der Waals surface area (Å²) in [6, 6.07) is 4.98. The van der Waals surface area contributed by atoms with Crippen LogP contribution in [0.4, 0.5) is 4.39 Å². The molecular formula is C13H16FNO2. The van der Waals surface area contributed by atoms with Crippen molar-refractivity contribution in [3.63, 3.8) is 0 Å². The van der Waals surface area contributed by atoms with E-state index in [4.69, 9.17) is 0 Å². The molecule has 0 saturated carbocycles. The van der Waals surface area contributed by atoms with Crippen molar-refractivity contribution in [2.45, 2.75) is 19.3 Å². The van der Waals surface area contributed by atoms with E-state index < -0.39 is 17.3 Å².